The molecule has 1 heterocycles. The molecule has 0 saturated heterocycles. The van der Waals surface area contributed by atoms with E-state index in [1.165, 1.54) is 11.3 Å². The predicted molar refractivity (Wildman–Crippen MR) is 127 cm³/mol. The number of esters is 1. The molecular weight excluding hydrogens is 453 g/mol. The molecule has 0 aliphatic heterocycles. The molecule has 5 nitrogen and oxygen atoms in total. The molecule has 0 atom stereocenters. The summed E-state index contributed by atoms with van der Waals surface area (Å²) in [4.78, 5) is 16.7. The number of carbonyl (C=O) groups is 1. The number of aromatic nitrogens is 1. The van der Waals surface area contributed by atoms with Crippen molar-refractivity contribution in [3.8, 4) is 17.0 Å². The van der Waals surface area contributed by atoms with Crippen molar-refractivity contribution in [3.63, 3.8) is 0 Å². The van der Waals surface area contributed by atoms with E-state index in [1.807, 2.05) is 29.6 Å². The van der Waals surface area contributed by atoms with Crippen LogP contribution in [0.4, 0.5) is 5.13 Å². The van der Waals surface area contributed by atoms with Crippen LogP contribution in [0.15, 0.2) is 83.3 Å². The third-order valence-electron chi connectivity index (χ3n) is 4.17. The van der Waals surface area contributed by atoms with Gasteiger partial charge in [0.15, 0.2) is 0 Å². The minimum Gasteiger partial charge on any atom is -0.423 e. The molecule has 0 aliphatic rings. The van der Waals surface area contributed by atoms with E-state index in [0.717, 1.165) is 16.8 Å². The van der Waals surface area contributed by atoms with Crippen LogP contribution in [-0.4, -0.2) is 17.2 Å². The Morgan fingerprint density at radius 2 is 1.77 bits per heavy atom. The summed E-state index contributed by atoms with van der Waals surface area (Å²) >= 11 is 13.3. The molecule has 1 N–H and O–H groups in total. The third-order valence-corrected chi connectivity index (χ3v) is 5.40. The molecule has 4 rings (SSSR count). The highest BCUT2D eigenvalue weighted by Crippen LogP contribution is 2.26. The summed E-state index contributed by atoms with van der Waals surface area (Å²) in [5, 5.41) is 8.00. The number of ether oxygens (including phenoxy) is 1. The summed E-state index contributed by atoms with van der Waals surface area (Å²) in [5.74, 6) is -0.0338. The van der Waals surface area contributed by atoms with Crippen molar-refractivity contribution in [1.82, 2.24) is 4.98 Å². The van der Waals surface area contributed by atoms with E-state index in [1.54, 1.807) is 54.7 Å². The minimum absolute atomic E-state index is 0.392. The average molecular weight is 468 g/mol. The molecule has 0 fully saturated rings. The molecule has 0 amide bonds. The molecule has 31 heavy (non-hydrogen) atoms. The van der Waals surface area contributed by atoms with Crippen molar-refractivity contribution >= 4 is 51.9 Å². The molecule has 0 aliphatic carbocycles. The molecule has 1 aromatic heterocycles. The van der Waals surface area contributed by atoms with Gasteiger partial charge in [0.25, 0.3) is 0 Å². The lowest BCUT2D eigenvalue weighted by Crippen LogP contribution is -2.08. The Morgan fingerprint density at radius 3 is 2.52 bits per heavy atom. The van der Waals surface area contributed by atoms with Crippen LogP contribution in [0.5, 0.6) is 5.75 Å². The van der Waals surface area contributed by atoms with Gasteiger partial charge in [0, 0.05) is 21.0 Å². The molecule has 0 saturated carbocycles. The number of halogens is 2. The maximum absolute atomic E-state index is 12.2. The van der Waals surface area contributed by atoms with E-state index < -0.39 is 5.97 Å². The second-order valence-corrected chi connectivity index (χ2v) is 8.11. The van der Waals surface area contributed by atoms with E-state index in [9.17, 15) is 4.79 Å². The number of nitrogens with one attached hydrogen (secondary N) is 1. The zero-order valence-electron chi connectivity index (χ0n) is 16.0. The monoisotopic (exact) mass is 467 g/mol. The van der Waals surface area contributed by atoms with Crippen LogP contribution in [0, 0.1) is 0 Å². The number of benzene rings is 3. The summed E-state index contributed by atoms with van der Waals surface area (Å²) in [5.41, 5.74) is 5.99. The second-order valence-electron chi connectivity index (χ2n) is 6.38. The maximum Gasteiger partial charge on any atom is 0.343 e. The summed E-state index contributed by atoms with van der Waals surface area (Å²) in [6.45, 7) is 0. The first kappa shape index (κ1) is 21.1. The Kier molecular flexibility index (Phi) is 6.62. The molecule has 154 valence electrons. The fourth-order valence-electron chi connectivity index (χ4n) is 2.64. The lowest BCUT2D eigenvalue weighted by atomic mass is 10.2. The van der Waals surface area contributed by atoms with Crippen LogP contribution >= 0.6 is 34.5 Å². The number of hydrogen-bond acceptors (Lipinski definition) is 6. The summed E-state index contributed by atoms with van der Waals surface area (Å²) in [6, 6.07) is 21.1. The standard InChI is InChI=1S/C23H15Cl2N3O2S/c24-18-8-6-16(7-9-18)21-14-31-23(27-21)28-26-13-15-4-10-20(11-5-15)30-22(29)17-2-1-3-19(25)12-17/h1-14H,(H,27,28)/b26-13-. The van der Waals surface area contributed by atoms with Crippen LogP contribution in [0.25, 0.3) is 11.3 Å². The van der Waals surface area contributed by atoms with E-state index in [2.05, 4.69) is 15.5 Å². The number of thiazole rings is 1. The second kappa shape index (κ2) is 9.75. The van der Waals surface area contributed by atoms with Gasteiger partial charge in [-0.1, -0.05) is 41.4 Å². The van der Waals surface area contributed by atoms with Crippen LogP contribution < -0.4 is 10.2 Å². The molecule has 0 bridgehead atoms. The van der Waals surface area contributed by atoms with Gasteiger partial charge < -0.3 is 4.74 Å². The molecule has 0 radical (unpaired) electrons. The average Bonchev–Trinajstić information content (AvgIpc) is 3.24. The highest BCUT2D eigenvalue weighted by Gasteiger charge is 2.09. The third kappa shape index (κ3) is 5.70. The Morgan fingerprint density at radius 1 is 1.00 bits per heavy atom. The Labute approximate surface area is 192 Å². The minimum atomic E-state index is -0.467. The number of carbonyl (C=O) groups excluding carboxylic acids is 1. The molecule has 0 unspecified atom stereocenters. The highest BCUT2D eigenvalue weighted by molar-refractivity contribution is 7.14. The Balaban J connectivity index is 1.34. The van der Waals surface area contributed by atoms with Gasteiger partial charge in [-0.15, -0.1) is 11.3 Å². The molecule has 0 spiro atoms. The number of hydrazone groups is 1. The molecular formula is C23H15Cl2N3O2S. The number of nitrogens with zero attached hydrogens (tertiary/aromatic N) is 2. The molecule has 4 aromatic rings. The molecule has 3 aromatic carbocycles. The Hall–Kier alpha value is -3.19. The quantitative estimate of drug-likeness (QED) is 0.147. The van der Waals surface area contributed by atoms with Gasteiger partial charge in [-0.25, -0.2) is 9.78 Å². The number of hydrogen-bond donors (Lipinski definition) is 1. The summed E-state index contributed by atoms with van der Waals surface area (Å²) in [6.07, 6.45) is 1.66. The first-order chi connectivity index (χ1) is 15.1. The van der Waals surface area contributed by atoms with Crippen LogP contribution in [-0.2, 0) is 0 Å². The van der Waals surface area contributed by atoms with Crippen molar-refractivity contribution in [3.05, 3.63) is 99.3 Å². The van der Waals surface area contributed by atoms with Gasteiger partial charge in [0.1, 0.15) is 5.75 Å². The van der Waals surface area contributed by atoms with Crippen molar-refractivity contribution in [2.75, 3.05) is 5.43 Å². The highest BCUT2D eigenvalue weighted by atomic mass is 35.5. The van der Waals surface area contributed by atoms with Gasteiger partial charge in [-0.3, -0.25) is 5.43 Å². The number of anilines is 1. The first-order valence-corrected chi connectivity index (χ1v) is 10.8. The van der Waals surface area contributed by atoms with E-state index in [0.29, 0.717) is 26.5 Å². The lowest BCUT2D eigenvalue weighted by molar-refractivity contribution is 0.0735. The zero-order valence-corrected chi connectivity index (χ0v) is 18.3. The smallest absolute Gasteiger partial charge is 0.343 e. The SMILES string of the molecule is O=C(Oc1ccc(/C=N\Nc2nc(-c3ccc(Cl)cc3)cs2)cc1)c1cccc(Cl)c1. The van der Waals surface area contributed by atoms with Crippen molar-refractivity contribution in [2.24, 2.45) is 5.10 Å². The van der Waals surface area contributed by atoms with Gasteiger partial charge in [-0.05, 0) is 60.2 Å². The van der Waals surface area contributed by atoms with E-state index in [4.69, 9.17) is 27.9 Å². The predicted octanol–water partition coefficient (Wildman–Crippen LogP) is 6.78. The normalized spacial score (nSPS) is 10.9. The Bertz CT molecular complexity index is 1220. The van der Waals surface area contributed by atoms with Gasteiger partial charge in [0.2, 0.25) is 5.13 Å². The fourth-order valence-corrected chi connectivity index (χ4v) is 3.63. The van der Waals surface area contributed by atoms with Crippen LogP contribution in [0.1, 0.15) is 15.9 Å². The summed E-state index contributed by atoms with van der Waals surface area (Å²) in [7, 11) is 0. The lowest BCUT2D eigenvalue weighted by Gasteiger charge is -2.05. The maximum atomic E-state index is 12.2. The van der Waals surface area contributed by atoms with Gasteiger partial charge in [0.05, 0.1) is 17.5 Å². The van der Waals surface area contributed by atoms with E-state index in [-0.39, 0.29) is 0 Å². The van der Waals surface area contributed by atoms with Gasteiger partial charge >= 0.3 is 5.97 Å². The fraction of sp³-hybridized carbons (Fsp3) is 0. The summed E-state index contributed by atoms with van der Waals surface area (Å²) < 4.78 is 5.36. The molecule has 8 heteroatoms. The zero-order chi connectivity index (χ0) is 21.6. The van der Waals surface area contributed by atoms with Crippen LogP contribution in [0.3, 0.4) is 0 Å². The first-order valence-electron chi connectivity index (χ1n) is 9.15. The van der Waals surface area contributed by atoms with Gasteiger partial charge in [-0.2, -0.15) is 5.10 Å². The largest absolute Gasteiger partial charge is 0.423 e. The van der Waals surface area contributed by atoms with Crippen LogP contribution in [0.2, 0.25) is 10.0 Å². The van der Waals surface area contributed by atoms with Crippen molar-refractivity contribution in [2.45, 2.75) is 0 Å². The van der Waals surface area contributed by atoms with Crippen molar-refractivity contribution < 1.29 is 9.53 Å². The van der Waals surface area contributed by atoms with E-state index >= 15 is 0 Å². The topological polar surface area (TPSA) is 63.6 Å². The van der Waals surface area contributed by atoms with Crippen molar-refractivity contribution in [1.29, 1.82) is 0 Å². The number of rotatable bonds is 6.